The van der Waals surface area contributed by atoms with Crippen molar-refractivity contribution >= 4 is 7.82 Å². The predicted octanol–water partition coefficient (Wildman–Crippen LogP) is 5.13. The van der Waals surface area contributed by atoms with Crippen LogP contribution >= 0.6 is 7.82 Å². The van der Waals surface area contributed by atoms with E-state index in [1.807, 2.05) is 79.7 Å². The maximum Gasteiger partial charge on any atom is 0.472 e. The van der Waals surface area contributed by atoms with E-state index in [9.17, 15) is 9.46 Å². The van der Waals surface area contributed by atoms with Gasteiger partial charge in [0.2, 0.25) is 0 Å². The fraction of sp³-hybridized carbons (Fsp3) is 0.391. The Balaban J connectivity index is 1.90. The SMILES string of the molecule is CC[C@H](/C=C/COCc1ccccc1)[C@@H](COCc1ccccc1)OP(=O)(O)OC. The Hall–Kier alpha value is -1.79. The summed E-state index contributed by atoms with van der Waals surface area (Å²) < 4.78 is 33.4. The van der Waals surface area contributed by atoms with Gasteiger partial charge in [0.05, 0.1) is 32.5 Å². The minimum Gasteiger partial charge on any atom is -0.374 e. The summed E-state index contributed by atoms with van der Waals surface area (Å²) in [6.07, 6.45) is 3.93. The first-order valence-corrected chi connectivity index (χ1v) is 11.5. The minimum atomic E-state index is -4.14. The number of benzene rings is 2. The first-order chi connectivity index (χ1) is 14.5. The predicted molar refractivity (Wildman–Crippen MR) is 117 cm³/mol. The molecule has 0 amide bonds. The highest BCUT2D eigenvalue weighted by Gasteiger charge is 2.29. The summed E-state index contributed by atoms with van der Waals surface area (Å²) in [6.45, 7) is 3.50. The molecule has 1 N–H and O–H groups in total. The van der Waals surface area contributed by atoms with E-state index in [1.54, 1.807) is 0 Å². The number of hydrogen-bond acceptors (Lipinski definition) is 5. The molecule has 164 valence electrons. The summed E-state index contributed by atoms with van der Waals surface area (Å²) >= 11 is 0. The summed E-state index contributed by atoms with van der Waals surface area (Å²) in [7, 11) is -2.99. The van der Waals surface area contributed by atoms with Gasteiger partial charge in [-0.2, -0.15) is 0 Å². The zero-order valence-corrected chi connectivity index (χ0v) is 18.4. The highest BCUT2D eigenvalue weighted by atomic mass is 31.2. The van der Waals surface area contributed by atoms with Gasteiger partial charge in [-0.3, -0.25) is 9.05 Å². The van der Waals surface area contributed by atoms with Crippen molar-refractivity contribution in [1.29, 1.82) is 0 Å². The number of hydrogen-bond donors (Lipinski definition) is 1. The number of phosphoric acid groups is 1. The van der Waals surface area contributed by atoms with E-state index in [0.29, 0.717) is 26.2 Å². The van der Waals surface area contributed by atoms with Gasteiger partial charge in [-0.05, 0) is 17.5 Å². The Kier molecular flexibility index (Phi) is 11.0. The maximum atomic E-state index is 12.0. The van der Waals surface area contributed by atoms with Gasteiger partial charge in [-0.1, -0.05) is 79.7 Å². The van der Waals surface area contributed by atoms with Crippen LogP contribution in [0.4, 0.5) is 0 Å². The Morgan fingerprint density at radius 1 is 0.967 bits per heavy atom. The molecule has 0 spiro atoms. The lowest BCUT2D eigenvalue weighted by molar-refractivity contribution is 0.00336. The lowest BCUT2D eigenvalue weighted by Gasteiger charge is -2.25. The van der Waals surface area contributed by atoms with Crippen LogP contribution < -0.4 is 0 Å². The molecule has 6 nitrogen and oxygen atoms in total. The van der Waals surface area contributed by atoms with Crippen molar-refractivity contribution in [3.05, 3.63) is 83.9 Å². The minimum absolute atomic E-state index is 0.128. The van der Waals surface area contributed by atoms with E-state index in [-0.39, 0.29) is 12.5 Å². The molecule has 0 saturated carbocycles. The van der Waals surface area contributed by atoms with Crippen LogP contribution in [0.15, 0.2) is 72.8 Å². The average Bonchev–Trinajstić information content (AvgIpc) is 2.77. The van der Waals surface area contributed by atoms with Gasteiger partial charge < -0.3 is 14.4 Å². The van der Waals surface area contributed by atoms with Gasteiger partial charge in [0.25, 0.3) is 0 Å². The van der Waals surface area contributed by atoms with Crippen LogP contribution in [0.3, 0.4) is 0 Å². The molecule has 0 radical (unpaired) electrons. The second-order valence-corrected chi connectivity index (χ2v) is 8.31. The van der Waals surface area contributed by atoms with Crippen molar-refractivity contribution in [2.45, 2.75) is 32.7 Å². The lowest BCUT2D eigenvalue weighted by atomic mass is 9.99. The van der Waals surface area contributed by atoms with Gasteiger partial charge in [0, 0.05) is 13.0 Å². The highest BCUT2D eigenvalue weighted by molar-refractivity contribution is 7.47. The van der Waals surface area contributed by atoms with E-state index >= 15 is 0 Å². The molecule has 1 unspecified atom stereocenters. The summed E-state index contributed by atoms with van der Waals surface area (Å²) in [5.41, 5.74) is 2.13. The molecular weight excluding hydrogens is 403 g/mol. The molecule has 2 aromatic carbocycles. The molecule has 0 aliphatic heterocycles. The lowest BCUT2D eigenvalue weighted by Crippen LogP contribution is -2.27. The molecule has 0 heterocycles. The summed E-state index contributed by atoms with van der Waals surface area (Å²) in [5.74, 6) is -0.128. The standard InChI is InChI=1S/C23H31O6P/c1-3-22(15-10-16-27-17-20-11-6-4-7-12-20)23(29-30(24,25)26-2)19-28-18-21-13-8-5-9-14-21/h4-15,22-23H,3,16-19H2,1-2H3,(H,24,25)/b15-10+/t22-,23-/m1/s1. The van der Waals surface area contributed by atoms with E-state index < -0.39 is 13.9 Å². The van der Waals surface area contributed by atoms with Crippen molar-refractivity contribution in [3.8, 4) is 0 Å². The number of rotatable bonds is 14. The molecule has 0 aromatic heterocycles. The summed E-state index contributed by atoms with van der Waals surface area (Å²) in [5, 5.41) is 0. The summed E-state index contributed by atoms with van der Waals surface area (Å²) in [6, 6.07) is 19.7. The van der Waals surface area contributed by atoms with Crippen molar-refractivity contribution in [3.63, 3.8) is 0 Å². The second-order valence-electron chi connectivity index (χ2n) is 6.80. The van der Waals surface area contributed by atoms with Gasteiger partial charge in [-0.25, -0.2) is 4.57 Å². The van der Waals surface area contributed by atoms with Gasteiger partial charge in [0.1, 0.15) is 0 Å². The largest absolute Gasteiger partial charge is 0.472 e. The first kappa shape index (κ1) is 24.5. The fourth-order valence-electron chi connectivity index (χ4n) is 2.89. The van der Waals surface area contributed by atoms with Crippen LogP contribution in [0.2, 0.25) is 0 Å². The van der Waals surface area contributed by atoms with E-state index in [0.717, 1.165) is 18.2 Å². The van der Waals surface area contributed by atoms with Crippen LogP contribution in [0.25, 0.3) is 0 Å². The third kappa shape index (κ3) is 9.35. The maximum absolute atomic E-state index is 12.0. The highest BCUT2D eigenvalue weighted by Crippen LogP contribution is 2.45. The van der Waals surface area contributed by atoms with Crippen molar-refractivity contribution < 1.29 is 28.0 Å². The zero-order chi connectivity index (χ0) is 21.7. The van der Waals surface area contributed by atoms with Crippen LogP contribution in [-0.4, -0.2) is 31.3 Å². The monoisotopic (exact) mass is 434 g/mol. The molecule has 2 rings (SSSR count). The first-order valence-electron chi connectivity index (χ1n) is 10.0. The van der Waals surface area contributed by atoms with Crippen LogP contribution in [0.1, 0.15) is 24.5 Å². The molecule has 2 aromatic rings. The van der Waals surface area contributed by atoms with Crippen molar-refractivity contribution in [2.75, 3.05) is 20.3 Å². The van der Waals surface area contributed by atoms with Crippen molar-refractivity contribution in [2.24, 2.45) is 5.92 Å². The van der Waals surface area contributed by atoms with Gasteiger partial charge >= 0.3 is 7.82 Å². The Morgan fingerprint density at radius 3 is 2.07 bits per heavy atom. The number of phosphoric ester groups is 1. The third-order valence-electron chi connectivity index (χ3n) is 4.55. The molecule has 3 atom stereocenters. The second kappa shape index (κ2) is 13.5. The quantitative estimate of drug-likeness (QED) is 0.252. The molecule has 7 heteroatoms. The Bertz CT molecular complexity index is 781. The molecule has 30 heavy (non-hydrogen) atoms. The van der Waals surface area contributed by atoms with Crippen LogP contribution in [-0.2, 0) is 36.3 Å². The van der Waals surface area contributed by atoms with Crippen molar-refractivity contribution in [1.82, 2.24) is 0 Å². The fourth-order valence-corrected chi connectivity index (χ4v) is 3.53. The van der Waals surface area contributed by atoms with E-state index in [4.69, 9.17) is 14.0 Å². The Morgan fingerprint density at radius 2 is 1.53 bits per heavy atom. The molecular formula is C23H31O6P. The molecule has 0 aliphatic rings. The van der Waals surface area contributed by atoms with Gasteiger partial charge in [0.15, 0.2) is 0 Å². The molecule has 0 aliphatic carbocycles. The topological polar surface area (TPSA) is 74.2 Å². The smallest absolute Gasteiger partial charge is 0.374 e. The summed E-state index contributed by atoms with van der Waals surface area (Å²) in [4.78, 5) is 9.80. The van der Waals surface area contributed by atoms with Crippen LogP contribution in [0, 0.1) is 5.92 Å². The molecule has 0 fully saturated rings. The third-order valence-corrected chi connectivity index (χ3v) is 5.55. The Labute approximate surface area is 179 Å². The van der Waals surface area contributed by atoms with E-state index in [2.05, 4.69) is 4.52 Å². The average molecular weight is 434 g/mol. The molecule has 0 bridgehead atoms. The van der Waals surface area contributed by atoms with Crippen LogP contribution in [0.5, 0.6) is 0 Å². The normalized spacial score (nSPS) is 15.7. The van der Waals surface area contributed by atoms with E-state index in [1.165, 1.54) is 0 Å². The van der Waals surface area contributed by atoms with Gasteiger partial charge in [-0.15, -0.1) is 0 Å². The molecule has 0 saturated heterocycles. The number of ether oxygens (including phenoxy) is 2. The zero-order valence-electron chi connectivity index (χ0n) is 17.6.